The van der Waals surface area contributed by atoms with Gasteiger partial charge in [-0.05, 0) is 12.3 Å². The van der Waals surface area contributed by atoms with E-state index in [1.165, 1.54) is 0 Å². The second-order valence-corrected chi connectivity index (χ2v) is 8.89. The third-order valence-corrected chi connectivity index (χ3v) is 5.62. The first-order valence-electron chi connectivity index (χ1n) is 6.13. The smallest absolute Gasteiger partial charge is 0.275 e. The SMILES string of the molecule is Cc1nc(N(C)C)sc1S(=O)(=O)NC(=O)CC(C)(C)C. The van der Waals surface area contributed by atoms with Crippen molar-refractivity contribution in [2.24, 2.45) is 5.41 Å². The molecule has 8 heteroatoms. The molecular formula is C12H21N3O3S2. The Balaban J connectivity index is 2.97. The van der Waals surface area contributed by atoms with Crippen molar-refractivity contribution in [1.29, 1.82) is 0 Å². The molecule has 1 rings (SSSR count). The zero-order chi connectivity index (χ0) is 15.7. The maximum atomic E-state index is 12.2. The van der Waals surface area contributed by atoms with Crippen LogP contribution in [-0.4, -0.2) is 33.4 Å². The van der Waals surface area contributed by atoms with E-state index in [0.29, 0.717) is 10.8 Å². The van der Waals surface area contributed by atoms with Gasteiger partial charge in [-0.3, -0.25) is 4.79 Å². The fraction of sp³-hybridized carbons (Fsp3) is 0.667. The lowest BCUT2D eigenvalue weighted by molar-refractivity contribution is -0.121. The molecule has 1 heterocycles. The number of thiazole rings is 1. The maximum absolute atomic E-state index is 12.2. The number of nitrogens with one attached hydrogen (secondary N) is 1. The molecule has 1 N–H and O–H groups in total. The standard InChI is InChI=1S/C12H21N3O3S2/c1-8-10(19-11(13-8)15(5)6)20(17,18)14-9(16)7-12(2,3)4/h7H2,1-6H3,(H,14,16). The lowest BCUT2D eigenvalue weighted by Gasteiger charge is -2.17. The van der Waals surface area contributed by atoms with Crippen LogP contribution in [0.1, 0.15) is 32.9 Å². The van der Waals surface area contributed by atoms with Gasteiger partial charge in [0.25, 0.3) is 10.0 Å². The van der Waals surface area contributed by atoms with Crippen LogP contribution in [0.3, 0.4) is 0 Å². The highest BCUT2D eigenvalue weighted by atomic mass is 32.2. The van der Waals surface area contributed by atoms with Gasteiger partial charge in [0.1, 0.15) is 0 Å². The van der Waals surface area contributed by atoms with Crippen molar-refractivity contribution in [3.8, 4) is 0 Å². The molecule has 1 amide bonds. The number of nitrogens with zero attached hydrogens (tertiary/aromatic N) is 2. The Morgan fingerprint density at radius 1 is 1.35 bits per heavy atom. The highest BCUT2D eigenvalue weighted by Gasteiger charge is 2.26. The summed E-state index contributed by atoms with van der Waals surface area (Å²) in [7, 11) is -0.276. The minimum atomic E-state index is -3.85. The van der Waals surface area contributed by atoms with Gasteiger partial charge in [0.05, 0.1) is 5.69 Å². The van der Waals surface area contributed by atoms with Gasteiger partial charge in [-0.2, -0.15) is 0 Å². The van der Waals surface area contributed by atoms with Crippen LogP contribution in [0.25, 0.3) is 0 Å². The fourth-order valence-electron chi connectivity index (χ4n) is 1.52. The van der Waals surface area contributed by atoms with E-state index in [0.717, 1.165) is 11.3 Å². The van der Waals surface area contributed by atoms with Gasteiger partial charge in [0.2, 0.25) is 5.91 Å². The van der Waals surface area contributed by atoms with Gasteiger partial charge in [-0.15, -0.1) is 0 Å². The van der Waals surface area contributed by atoms with Crippen molar-refractivity contribution in [3.63, 3.8) is 0 Å². The van der Waals surface area contributed by atoms with E-state index in [4.69, 9.17) is 0 Å². The number of amides is 1. The normalized spacial score (nSPS) is 12.3. The van der Waals surface area contributed by atoms with Crippen molar-refractivity contribution in [2.45, 2.75) is 38.3 Å². The summed E-state index contributed by atoms with van der Waals surface area (Å²) in [6.07, 6.45) is 0.143. The Labute approximate surface area is 124 Å². The molecule has 0 bridgehead atoms. The number of aromatic nitrogens is 1. The van der Waals surface area contributed by atoms with Crippen LogP contribution in [0, 0.1) is 12.3 Å². The van der Waals surface area contributed by atoms with E-state index < -0.39 is 15.9 Å². The largest absolute Gasteiger partial charge is 0.354 e. The van der Waals surface area contributed by atoms with Crippen LogP contribution in [0.2, 0.25) is 0 Å². The number of anilines is 1. The van der Waals surface area contributed by atoms with Crippen molar-refractivity contribution < 1.29 is 13.2 Å². The van der Waals surface area contributed by atoms with Crippen LogP contribution in [0.5, 0.6) is 0 Å². The number of hydrogen-bond acceptors (Lipinski definition) is 6. The van der Waals surface area contributed by atoms with E-state index in [9.17, 15) is 13.2 Å². The molecule has 1 aromatic heterocycles. The molecule has 20 heavy (non-hydrogen) atoms. The minimum absolute atomic E-state index is 0.0865. The van der Waals surface area contributed by atoms with Crippen LogP contribution < -0.4 is 9.62 Å². The number of carbonyl (C=O) groups is 1. The average molecular weight is 319 g/mol. The van der Waals surface area contributed by atoms with Crippen molar-refractivity contribution in [1.82, 2.24) is 9.71 Å². The molecule has 0 unspecified atom stereocenters. The summed E-state index contributed by atoms with van der Waals surface area (Å²) in [6.45, 7) is 7.25. The van der Waals surface area contributed by atoms with Gasteiger partial charge in [0.15, 0.2) is 9.34 Å². The average Bonchev–Trinajstić information content (AvgIpc) is 2.56. The molecule has 0 aliphatic rings. The third kappa shape index (κ3) is 4.45. The first-order chi connectivity index (χ1) is 8.92. The van der Waals surface area contributed by atoms with Crippen molar-refractivity contribution in [2.75, 3.05) is 19.0 Å². The molecule has 0 saturated carbocycles. The molecule has 1 aromatic rings. The number of aryl methyl sites for hydroxylation is 1. The molecule has 0 fully saturated rings. The van der Waals surface area contributed by atoms with Gasteiger partial charge in [-0.1, -0.05) is 32.1 Å². The van der Waals surface area contributed by atoms with Gasteiger partial charge >= 0.3 is 0 Å². The summed E-state index contributed by atoms with van der Waals surface area (Å²) in [5.74, 6) is -0.503. The molecule has 114 valence electrons. The second kappa shape index (κ2) is 5.69. The molecule has 0 atom stereocenters. The third-order valence-electron chi connectivity index (χ3n) is 2.31. The molecule has 0 saturated heterocycles. The first kappa shape index (κ1) is 16.9. The topological polar surface area (TPSA) is 79.4 Å². The van der Waals surface area contributed by atoms with Crippen LogP contribution in [-0.2, 0) is 14.8 Å². The summed E-state index contributed by atoms with van der Waals surface area (Å²) in [5, 5.41) is 0.589. The Morgan fingerprint density at radius 3 is 2.30 bits per heavy atom. The summed E-state index contributed by atoms with van der Waals surface area (Å²) >= 11 is 1.05. The van der Waals surface area contributed by atoms with E-state index in [1.54, 1.807) is 25.9 Å². The highest BCUT2D eigenvalue weighted by Crippen LogP contribution is 2.28. The zero-order valence-corrected chi connectivity index (χ0v) is 14.3. The molecular weight excluding hydrogens is 298 g/mol. The van der Waals surface area contributed by atoms with Gasteiger partial charge in [-0.25, -0.2) is 18.1 Å². The molecule has 0 aliphatic carbocycles. The molecule has 0 aromatic carbocycles. The maximum Gasteiger partial charge on any atom is 0.275 e. The van der Waals surface area contributed by atoms with Crippen molar-refractivity contribution >= 4 is 32.4 Å². The lowest BCUT2D eigenvalue weighted by Crippen LogP contribution is -2.33. The fourth-order valence-corrected chi connectivity index (χ4v) is 3.93. The minimum Gasteiger partial charge on any atom is -0.354 e. The summed E-state index contributed by atoms with van der Waals surface area (Å²) in [6, 6.07) is 0. The number of hydrogen-bond donors (Lipinski definition) is 1. The predicted octanol–water partition coefficient (Wildman–Crippen LogP) is 1.76. The molecule has 6 nitrogen and oxygen atoms in total. The summed E-state index contributed by atoms with van der Waals surface area (Å²) < 4.78 is 26.6. The first-order valence-corrected chi connectivity index (χ1v) is 8.43. The van der Waals surface area contributed by atoms with E-state index in [1.807, 2.05) is 20.8 Å². The zero-order valence-electron chi connectivity index (χ0n) is 12.6. The molecule has 0 radical (unpaired) electrons. The van der Waals surface area contributed by atoms with Crippen molar-refractivity contribution in [3.05, 3.63) is 5.69 Å². The number of carbonyl (C=O) groups excluding carboxylic acids is 1. The monoisotopic (exact) mass is 319 g/mol. The quantitative estimate of drug-likeness (QED) is 0.915. The predicted molar refractivity (Wildman–Crippen MR) is 80.6 cm³/mol. The van der Waals surface area contributed by atoms with E-state index in [2.05, 4.69) is 9.71 Å². The van der Waals surface area contributed by atoms with E-state index in [-0.39, 0.29) is 16.0 Å². The lowest BCUT2D eigenvalue weighted by atomic mass is 9.92. The number of rotatable bonds is 4. The molecule has 0 aliphatic heterocycles. The Morgan fingerprint density at radius 2 is 1.90 bits per heavy atom. The van der Waals surface area contributed by atoms with Gasteiger partial charge < -0.3 is 4.90 Å². The van der Waals surface area contributed by atoms with Crippen LogP contribution in [0.15, 0.2) is 4.21 Å². The Kier molecular flexibility index (Phi) is 4.81. The highest BCUT2D eigenvalue weighted by molar-refractivity contribution is 7.92. The number of sulfonamides is 1. The Hall–Kier alpha value is -1.15. The summed E-state index contributed by atoms with van der Waals surface area (Å²) in [5.41, 5.74) is 0.131. The second-order valence-electron chi connectivity index (χ2n) is 6.03. The Bertz CT molecular complexity index is 598. The van der Waals surface area contributed by atoms with Gasteiger partial charge in [0, 0.05) is 20.5 Å². The summed E-state index contributed by atoms with van der Waals surface area (Å²) in [4.78, 5) is 17.7. The molecule has 0 spiro atoms. The van der Waals surface area contributed by atoms with Crippen LogP contribution in [0.4, 0.5) is 5.13 Å². The van der Waals surface area contributed by atoms with E-state index >= 15 is 0 Å². The van der Waals surface area contributed by atoms with Crippen LogP contribution >= 0.6 is 11.3 Å².